The van der Waals surface area contributed by atoms with Crippen LogP contribution >= 0.6 is 0 Å². The molecule has 0 saturated carbocycles. The summed E-state index contributed by atoms with van der Waals surface area (Å²) in [6.45, 7) is 6.99. The van der Waals surface area contributed by atoms with E-state index in [0.717, 1.165) is 30.8 Å². The second kappa shape index (κ2) is 9.24. The number of hydrogen-bond acceptors (Lipinski definition) is 4. The van der Waals surface area contributed by atoms with Gasteiger partial charge < -0.3 is 19.7 Å². The molecule has 26 heavy (non-hydrogen) atoms. The van der Waals surface area contributed by atoms with Crippen molar-refractivity contribution in [1.29, 1.82) is 0 Å². The zero-order valence-electron chi connectivity index (χ0n) is 16.0. The predicted molar refractivity (Wildman–Crippen MR) is 103 cm³/mol. The average molecular weight is 361 g/mol. The van der Waals surface area contributed by atoms with E-state index in [-0.39, 0.29) is 6.03 Å². The fourth-order valence-corrected chi connectivity index (χ4v) is 3.83. The molecule has 0 aromatic heterocycles. The van der Waals surface area contributed by atoms with Gasteiger partial charge in [0.15, 0.2) is 0 Å². The van der Waals surface area contributed by atoms with Gasteiger partial charge in [-0.2, -0.15) is 0 Å². The maximum Gasteiger partial charge on any atom is 0.322 e. The van der Waals surface area contributed by atoms with Crippen molar-refractivity contribution < 1.29 is 14.3 Å². The van der Waals surface area contributed by atoms with Gasteiger partial charge in [0.25, 0.3) is 0 Å². The van der Waals surface area contributed by atoms with Crippen LogP contribution in [0.25, 0.3) is 0 Å². The minimum Gasteiger partial charge on any atom is -0.489 e. The summed E-state index contributed by atoms with van der Waals surface area (Å²) >= 11 is 0. The number of piperidine rings is 1. The molecular weight excluding hydrogens is 330 g/mol. The van der Waals surface area contributed by atoms with E-state index in [1.807, 2.05) is 30.0 Å². The molecule has 1 aromatic carbocycles. The Morgan fingerprint density at radius 1 is 1.19 bits per heavy atom. The minimum atomic E-state index is -0.0330. The first kappa shape index (κ1) is 19.0. The van der Waals surface area contributed by atoms with Crippen molar-refractivity contribution in [2.45, 2.75) is 38.6 Å². The van der Waals surface area contributed by atoms with E-state index in [0.29, 0.717) is 25.0 Å². The molecule has 2 aliphatic heterocycles. The number of nitrogens with zero attached hydrogens (tertiary/aromatic N) is 2. The van der Waals surface area contributed by atoms with Crippen molar-refractivity contribution in [3.05, 3.63) is 23.8 Å². The number of carbonyl (C=O) groups excluding carboxylic acids is 1. The zero-order valence-corrected chi connectivity index (χ0v) is 16.0. The highest BCUT2D eigenvalue weighted by atomic mass is 16.5. The first-order valence-electron chi connectivity index (χ1n) is 9.70. The van der Waals surface area contributed by atoms with Crippen LogP contribution in [0.5, 0.6) is 5.75 Å². The van der Waals surface area contributed by atoms with Gasteiger partial charge in [0.2, 0.25) is 0 Å². The lowest BCUT2D eigenvalue weighted by atomic mass is 10.0. The van der Waals surface area contributed by atoms with E-state index >= 15 is 0 Å². The monoisotopic (exact) mass is 361 g/mol. The van der Waals surface area contributed by atoms with E-state index in [4.69, 9.17) is 9.47 Å². The summed E-state index contributed by atoms with van der Waals surface area (Å²) in [7, 11) is 1.65. The van der Waals surface area contributed by atoms with Crippen molar-refractivity contribution in [2.24, 2.45) is 0 Å². The Balaban J connectivity index is 1.61. The van der Waals surface area contributed by atoms with Crippen molar-refractivity contribution in [1.82, 2.24) is 9.80 Å². The second-order valence-electron chi connectivity index (χ2n) is 7.26. The fourth-order valence-electron chi connectivity index (χ4n) is 3.83. The van der Waals surface area contributed by atoms with Gasteiger partial charge in [-0.25, -0.2) is 4.79 Å². The maximum atomic E-state index is 12.8. The van der Waals surface area contributed by atoms with Crippen molar-refractivity contribution >= 4 is 11.7 Å². The number of ether oxygens (including phenoxy) is 2. The molecule has 144 valence electrons. The standard InChI is InChI=1S/C20H31N3O3/c1-16-7-8-18(19(14-16)26-13-12-25-2)21-20(24)23-11-5-6-17(15-23)22-9-3-4-10-22/h7-8,14,17H,3-6,9-13,15H2,1-2H3,(H,21,24)/t17-/m0/s1. The molecule has 0 bridgehead atoms. The number of carbonyl (C=O) groups is 1. The summed E-state index contributed by atoms with van der Waals surface area (Å²) in [6.07, 6.45) is 4.84. The molecule has 1 atom stereocenters. The number of urea groups is 1. The fraction of sp³-hybridized carbons (Fsp3) is 0.650. The highest BCUT2D eigenvalue weighted by molar-refractivity contribution is 5.91. The lowest BCUT2D eigenvalue weighted by Gasteiger charge is -2.37. The van der Waals surface area contributed by atoms with Gasteiger partial charge in [0.05, 0.1) is 12.3 Å². The summed E-state index contributed by atoms with van der Waals surface area (Å²) in [6, 6.07) is 6.33. The van der Waals surface area contributed by atoms with Crippen molar-refractivity contribution in [3.8, 4) is 5.75 Å². The van der Waals surface area contributed by atoms with Gasteiger partial charge in [0.1, 0.15) is 12.4 Å². The minimum absolute atomic E-state index is 0.0330. The molecule has 0 unspecified atom stereocenters. The van der Waals surface area contributed by atoms with Gasteiger partial charge in [-0.3, -0.25) is 4.90 Å². The lowest BCUT2D eigenvalue weighted by molar-refractivity contribution is 0.131. The van der Waals surface area contributed by atoms with Crippen LogP contribution in [-0.4, -0.2) is 68.4 Å². The lowest BCUT2D eigenvalue weighted by Crippen LogP contribution is -2.50. The summed E-state index contributed by atoms with van der Waals surface area (Å²) in [4.78, 5) is 17.3. The van der Waals surface area contributed by atoms with Gasteiger partial charge in [0, 0.05) is 26.2 Å². The molecule has 0 aliphatic carbocycles. The van der Waals surface area contributed by atoms with Crippen LogP contribution in [0.15, 0.2) is 18.2 Å². The van der Waals surface area contributed by atoms with Crippen molar-refractivity contribution in [3.63, 3.8) is 0 Å². The summed E-state index contributed by atoms with van der Waals surface area (Å²) in [5.74, 6) is 0.698. The Hall–Kier alpha value is -1.79. The van der Waals surface area contributed by atoms with Crippen LogP contribution in [0.3, 0.4) is 0 Å². The zero-order chi connectivity index (χ0) is 18.4. The Kier molecular flexibility index (Phi) is 6.74. The number of nitrogens with one attached hydrogen (secondary N) is 1. The molecule has 6 heteroatoms. The summed E-state index contributed by atoms with van der Waals surface area (Å²) in [5.41, 5.74) is 1.82. The van der Waals surface area contributed by atoms with Crippen LogP contribution in [-0.2, 0) is 4.74 Å². The second-order valence-corrected chi connectivity index (χ2v) is 7.26. The molecule has 6 nitrogen and oxygen atoms in total. The molecule has 1 N–H and O–H groups in total. The Morgan fingerprint density at radius 3 is 2.77 bits per heavy atom. The quantitative estimate of drug-likeness (QED) is 0.791. The number of hydrogen-bond donors (Lipinski definition) is 1. The van der Waals surface area contributed by atoms with Gasteiger partial charge >= 0.3 is 6.03 Å². The molecule has 2 fully saturated rings. The Labute approximate surface area is 156 Å². The first-order valence-corrected chi connectivity index (χ1v) is 9.70. The third-order valence-electron chi connectivity index (χ3n) is 5.26. The van der Waals surface area contributed by atoms with Crippen LogP contribution in [0, 0.1) is 6.92 Å². The summed E-state index contributed by atoms with van der Waals surface area (Å²) < 4.78 is 10.8. The largest absolute Gasteiger partial charge is 0.489 e. The molecule has 2 amide bonds. The number of amides is 2. The number of anilines is 1. The maximum absolute atomic E-state index is 12.8. The molecule has 2 heterocycles. The van der Waals surface area contributed by atoms with E-state index in [9.17, 15) is 4.79 Å². The highest BCUT2D eigenvalue weighted by Gasteiger charge is 2.29. The average Bonchev–Trinajstić information content (AvgIpc) is 3.19. The molecule has 3 rings (SSSR count). The molecular formula is C20H31N3O3. The predicted octanol–water partition coefficient (Wildman–Crippen LogP) is 3.11. The molecule has 2 saturated heterocycles. The number of methoxy groups -OCH3 is 1. The number of likely N-dealkylation sites (tertiary alicyclic amines) is 2. The summed E-state index contributed by atoms with van der Waals surface area (Å²) in [5, 5.41) is 3.05. The smallest absolute Gasteiger partial charge is 0.322 e. The number of rotatable bonds is 6. The van der Waals surface area contributed by atoms with Gasteiger partial charge in [-0.15, -0.1) is 0 Å². The van der Waals surface area contributed by atoms with E-state index in [1.165, 1.54) is 32.4 Å². The molecule has 0 spiro atoms. The van der Waals surface area contributed by atoms with Crippen LogP contribution in [0.2, 0.25) is 0 Å². The van der Waals surface area contributed by atoms with Gasteiger partial charge in [-0.1, -0.05) is 6.07 Å². The third-order valence-corrected chi connectivity index (χ3v) is 5.26. The van der Waals surface area contributed by atoms with Crippen LogP contribution in [0.4, 0.5) is 10.5 Å². The van der Waals surface area contributed by atoms with Crippen LogP contribution in [0.1, 0.15) is 31.2 Å². The van der Waals surface area contributed by atoms with E-state index in [2.05, 4.69) is 10.2 Å². The third kappa shape index (κ3) is 4.89. The Morgan fingerprint density at radius 2 is 2.00 bits per heavy atom. The van der Waals surface area contributed by atoms with E-state index in [1.54, 1.807) is 7.11 Å². The van der Waals surface area contributed by atoms with Crippen molar-refractivity contribution in [2.75, 3.05) is 51.8 Å². The highest BCUT2D eigenvalue weighted by Crippen LogP contribution is 2.27. The molecule has 0 radical (unpaired) electrons. The topological polar surface area (TPSA) is 54.0 Å². The van der Waals surface area contributed by atoms with E-state index < -0.39 is 0 Å². The van der Waals surface area contributed by atoms with Gasteiger partial charge in [-0.05, 0) is 63.4 Å². The molecule has 2 aliphatic rings. The van der Waals surface area contributed by atoms with Crippen LogP contribution < -0.4 is 10.1 Å². The Bertz CT molecular complexity index is 602. The SMILES string of the molecule is COCCOc1cc(C)ccc1NC(=O)N1CCC[C@H](N2CCCC2)C1. The molecule has 1 aromatic rings. The first-order chi connectivity index (χ1) is 12.7. The number of benzene rings is 1. The number of aryl methyl sites for hydroxylation is 1. The normalized spacial score (nSPS) is 21.0.